The Hall–Kier alpha value is -1.63. The minimum absolute atomic E-state index is 0.245. The number of nitrogens with one attached hydrogen (secondary N) is 2. The molecule has 0 radical (unpaired) electrons. The largest absolute Gasteiger partial charge is 0.386 e. The van der Waals surface area contributed by atoms with Gasteiger partial charge in [0.1, 0.15) is 6.10 Å². The fourth-order valence-electron chi connectivity index (χ4n) is 2.30. The van der Waals surface area contributed by atoms with Gasteiger partial charge in [-0.15, -0.1) is 11.3 Å². The lowest BCUT2D eigenvalue weighted by atomic mass is 10.1. The van der Waals surface area contributed by atoms with Crippen LogP contribution in [-0.2, 0) is 6.42 Å². The van der Waals surface area contributed by atoms with Gasteiger partial charge in [-0.1, -0.05) is 29.8 Å². The molecule has 2 rings (SSSR count). The molecule has 1 aromatic carbocycles. The van der Waals surface area contributed by atoms with Gasteiger partial charge in [0.25, 0.3) is 0 Å². The van der Waals surface area contributed by atoms with E-state index in [1.165, 1.54) is 4.88 Å². The van der Waals surface area contributed by atoms with Crippen LogP contribution in [0.1, 0.15) is 34.2 Å². The number of benzene rings is 1. The SMILES string of the molecule is CCNC(=NCC(O)c1ccccc1Cl)NCCc1nc(C)c(C)s1. The van der Waals surface area contributed by atoms with E-state index in [4.69, 9.17) is 11.6 Å². The molecule has 3 N–H and O–H groups in total. The number of halogens is 1. The summed E-state index contributed by atoms with van der Waals surface area (Å²) in [5.41, 5.74) is 1.79. The minimum Gasteiger partial charge on any atom is -0.386 e. The van der Waals surface area contributed by atoms with Crippen LogP contribution in [0.4, 0.5) is 0 Å². The van der Waals surface area contributed by atoms with Crippen LogP contribution >= 0.6 is 22.9 Å². The van der Waals surface area contributed by atoms with E-state index >= 15 is 0 Å². The molecule has 0 aliphatic rings. The molecule has 0 spiro atoms. The first-order valence-electron chi connectivity index (χ1n) is 8.38. The van der Waals surface area contributed by atoms with E-state index in [9.17, 15) is 5.11 Å². The average Bonchev–Trinajstić information content (AvgIpc) is 2.90. The maximum atomic E-state index is 10.3. The van der Waals surface area contributed by atoms with Crippen molar-refractivity contribution in [1.82, 2.24) is 15.6 Å². The summed E-state index contributed by atoms with van der Waals surface area (Å²) >= 11 is 7.85. The Morgan fingerprint density at radius 1 is 1.32 bits per heavy atom. The molecule has 1 atom stereocenters. The highest BCUT2D eigenvalue weighted by atomic mass is 35.5. The zero-order valence-electron chi connectivity index (χ0n) is 14.8. The molecule has 0 bridgehead atoms. The van der Waals surface area contributed by atoms with Gasteiger partial charge < -0.3 is 15.7 Å². The normalized spacial score (nSPS) is 12.9. The Morgan fingerprint density at radius 3 is 2.72 bits per heavy atom. The molecule has 1 heterocycles. The topological polar surface area (TPSA) is 69.5 Å². The third-order valence-corrected chi connectivity index (χ3v) is 5.21. The van der Waals surface area contributed by atoms with Crippen molar-refractivity contribution in [3.8, 4) is 0 Å². The summed E-state index contributed by atoms with van der Waals surface area (Å²) in [7, 11) is 0. The van der Waals surface area contributed by atoms with Crippen molar-refractivity contribution in [3.05, 3.63) is 50.4 Å². The first-order valence-corrected chi connectivity index (χ1v) is 9.58. The van der Waals surface area contributed by atoms with E-state index in [-0.39, 0.29) is 6.54 Å². The Labute approximate surface area is 158 Å². The van der Waals surface area contributed by atoms with Crippen molar-refractivity contribution in [2.24, 2.45) is 4.99 Å². The highest BCUT2D eigenvalue weighted by Gasteiger charge is 2.11. The number of thiazole rings is 1. The van der Waals surface area contributed by atoms with Crippen molar-refractivity contribution < 1.29 is 5.11 Å². The molecule has 0 amide bonds. The van der Waals surface area contributed by atoms with Crippen molar-refractivity contribution in [3.63, 3.8) is 0 Å². The number of aromatic nitrogens is 1. The van der Waals surface area contributed by atoms with Crippen molar-refractivity contribution in [2.75, 3.05) is 19.6 Å². The van der Waals surface area contributed by atoms with Crippen LogP contribution < -0.4 is 10.6 Å². The van der Waals surface area contributed by atoms with Crippen LogP contribution in [-0.4, -0.2) is 35.7 Å². The second kappa shape index (κ2) is 9.75. The molecule has 0 fully saturated rings. The van der Waals surface area contributed by atoms with Crippen LogP contribution in [0.3, 0.4) is 0 Å². The monoisotopic (exact) mass is 380 g/mol. The van der Waals surface area contributed by atoms with Crippen molar-refractivity contribution in [1.29, 1.82) is 0 Å². The number of nitrogens with zero attached hydrogens (tertiary/aromatic N) is 2. The Kier molecular flexibility index (Phi) is 7.68. The molecule has 2 aromatic rings. The molecular formula is C18H25ClN4OS. The second-order valence-electron chi connectivity index (χ2n) is 5.68. The van der Waals surface area contributed by atoms with Crippen LogP contribution in [0.15, 0.2) is 29.3 Å². The van der Waals surface area contributed by atoms with Crippen LogP contribution in [0, 0.1) is 13.8 Å². The number of aliphatic hydroxyl groups is 1. The number of guanidine groups is 1. The highest BCUT2D eigenvalue weighted by Crippen LogP contribution is 2.22. The van der Waals surface area contributed by atoms with E-state index in [0.717, 1.165) is 30.2 Å². The number of hydrogen-bond acceptors (Lipinski definition) is 4. The predicted molar refractivity (Wildman–Crippen MR) is 106 cm³/mol. The molecule has 0 saturated heterocycles. The van der Waals surface area contributed by atoms with Gasteiger partial charge in [-0.25, -0.2) is 4.98 Å². The van der Waals surface area contributed by atoms with Gasteiger partial charge >= 0.3 is 0 Å². The lowest BCUT2D eigenvalue weighted by molar-refractivity contribution is 0.187. The second-order valence-corrected chi connectivity index (χ2v) is 7.38. The molecule has 136 valence electrons. The predicted octanol–water partition coefficient (Wildman–Crippen LogP) is 3.24. The molecule has 1 aromatic heterocycles. The Morgan fingerprint density at radius 2 is 2.08 bits per heavy atom. The zero-order chi connectivity index (χ0) is 18.2. The van der Waals surface area contributed by atoms with Gasteiger partial charge in [0, 0.05) is 35.0 Å². The van der Waals surface area contributed by atoms with E-state index < -0.39 is 6.10 Å². The summed E-state index contributed by atoms with van der Waals surface area (Å²) in [5.74, 6) is 0.679. The average molecular weight is 381 g/mol. The van der Waals surface area contributed by atoms with Gasteiger partial charge in [-0.2, -0.15) is 0 Å². The van der Waals surface area contributed by atoms with Gasteiger partial charge in [0.05, 0.1) is 17.2 Å². The first kappa shape index (κ1) is 19.7. The maximum Gasteiger partial charge on any atom is 0.191 e. The van der Waals surface area contributed by atoms with Crippen molar-refractivity contribution in [2.45, 2.75) is 33.3 Å². The fourth-order valence-corrected chi connectivity index (χ4v) is 3.49. The number of aliphatic hydroxyl groups excluding tert-OH is 1. The quantitative estimate of drug-likeness (QED) is 0.509. The van der Waals surface area contributed by atoms with E-state index in [1.807, 2.05) is 32.0 Å². The number of aliphatic imine (C=N–C) groups is 1. The van der Waals surface area contributed by atoms with E-state index in [1.54, 1.807) is 17.4 Å². The van der Waals surface area contributed by atoms with E-state index in [2.05, 4.69) is 27.5 Å². The highest BCUT2D eigenvalue weighted by molar-refractivity contribution is 7.11. The molecule has 5 nitrogen and oxygen atoms in total. The van der Waals surface area contributed by atoms with Crippen LogP contribution in [0.25, 0.3) is 0 Å². The minimum atomic E-state index is -0.728. The third kappa shape index (κ3) is 5.99. The Bertz CT molecular complexity index is 697. The zero-order valence-corrected chi connectivity index (χ0v) is 16.4. The lowest BCUT2D eigenvalue weighted by Crippen LogP contribution is -2.38. The first-order chi connectivity index (χ1) is 12.0. The van der Waals surface area contributed by atoms with Crippen LogP contribution in [0.2, 0.25) is 5.02 Å². The molecule has 0 saturated carbocycles. The van der Waals surface area contributed by atoms with Crippen LogP contribution in [0.5, 0.6) is 0 Å². The molecular weight excluding hydrogens is 356 g/mol. The standard InChI is InChI=1S/C18H25ClN4OS/c1-4-20-18(21-10-9-17-23-12(2)13(3)25-17)22-11-16(24)14-7-5-6-8-15(14)19/h5-8,16,24H,4,9-11H2,1-3H3,(H2,20,21,22). The smallest absolute Gasteiger partial charge is 0.191 e. The number of hydrogen-bond donors (Lipinski definition) is 3. The molecule has 1 unspecified atom stereocenters. The molecule has 25 heavy (non-hydrogen) atoms. The van der Waals surface area contributed by atoms with Gasteiger partial charge in [0.2, 0.25) is 0 Å². The summed E-state index contributed by atoms with van der Waals surface area (Å²) < 4.78 is 0. The number of rotatable bonds is 7. The van der Waals surface area contributed by atoms with Gasteiger partial charge in [0.15, 0.2) is 5.96 Å². The summed E-state index contributed by atoms with van der Waals surface area (Å²) in [5, 5.41) is 18.4. The van der Waals surface area contributed by atoms with Crippen molar-refractivity contribution >= 4 is 28.9 Å². The van der Waals surface area contributed by atoms with E-state index in [0.29, 0.717) is 16.5 Å². The summed E-state index contributed by atoms with van der Waals surface area (Å²) in [6.45, 7) is 7.86. The molecule has 0 aliphatic heterocycles. The lowest BCUT2D eigenvalue weighted by Gasteiger charge is -2.13. The van der Waals surface area contributed by atoms with Gasteiger partial charge in [-0.05, 0) is 26.8 Å². The third-order valence-electron chi connectivity index (χ3n) is 3.73. The number of aryl methyl sites for hydroxylation is 2. The molecule has 0 aliphatic carbocycles. The maximum absolute atomic E-state index is 10.3. The fraction of sp³-hybridized carbons (Fsp3) is 0.444. The molecule has 7 heteroatoms. The summed E-state index contributed by atoms with van der Waals surface area (Å²) in [6.07, 6.45) is 0.116. The summed E-state index contributed by atoms with van der Waals surface area (Å²) in [4.78, 5) is 10.3. The van der Waals surface area contributed by atoms with Gasteiger partial charge in [-0.3, -0.25) is 4.99 Å². The Balaban J connectivity index is 1.90. The summed E-state index contributed by atoms with van der Waals surface area (Å²) in [6, 6.07) is 7.28.